The number of methoxy groups -OCH3 is 1. The Morgan fingerprint density at radius 2 is 2.33 bits per heavy atom. The summed E-state index contributed by atoms with van der Waals surface area (Å²) in [4.78, 5) is 11.7. The molecule has 0 atom stereocenters. The summed E-state index contributed by atoms with van der Waals surface area (Å²) in [6, 6.07) is 2.95. The Hall–Kier alpha value is -1.96. The molecule has 0 bridgehead atoms. The van der Waals surface area contributed by atoms with Crippen LogP contribution >= 0.6 is 11.5 Å². The Morgan fingerprint density at radius 1 is 1.50 bits per heavy atom. The summed E-state index contributed by atoms with van der Waals surface area (Å²) in [5.74, 6) is 0.391. The molecule has 18 heavy (non-hydrogen) atoms. The molecule has 0 fully saturated rings. The van der Waals surface area contributed by atoms with Crippen molar-refractivity contribution in [3.05, 3.63) is 28.2 Å². The topological polar surface area (TPSA) is 81.9 Å². The summed E-state index contributed by atoms with van der Waals surface area (Å²) in [5, 5.41) is 12.0. The fraction of sp³-hybridized carbons (Fsp3) is 0.400. The predicted octanol–water partition coefficient (Wildman–Crippen LogP) is 0.583. The molecule has 96 valence electrons. The fourth-order valence-corrected chi connectivity index (χ4v) is 2.04. The van der Waals surface area contributed by atoms with Gasteiger partial charge in [-0.25, -0.2) is 4.68 Å². The summed E-state index contributed by atoms with van der Waals surface area (Å²) >= 11 is 1.26. The zero-order valence-corrected chi connectivity index (χ0v) is 10.9. The zero-order chi connectivity index (χ0) is 13.0. The van der Waals surface area contributed by atoms with Crippen LogP contribution in [0.25, 0.3) is 0 Å². The minimum Gasteiger partial charge on any atom is -0.480 e. The standard InChI is InChI=1S/C10H13N5O2S/c1-3-11-10-7(12-14-18-10)6-15-9(16)5-4-8(13-15)17-2/h4-5,11H,3,6H2,1-2H3. The predicted molar refractivity (Wildman–Crippen MR) is 68.2 cm³/mol. The van der Waals surface area contributed by atoms with Gasteiger partial charge in [0.15, 0.2) is 0 Å². The second-order valence-corrected chi connectivity index (χ2v) is 4.20. The van der Waals surface area contributed by atoms with Crippen LogP contribution in [0.1, 0.15) is 12.6 Å². The van der Waals surface area contributed by atoms with E-state index >= 15 is 0 Å². The lowest BCUT2D eigenvalue weighted by Crippen LogP contribution is -2.23. The number of ether oxygens (including phenoxy) is 1. The third-order valence-corrected chi connectivity index (χ3v) is 2.97. The third-order valence-electron chi connectivity index (χ3n) is 2.24. The lowest BCUT2D eigenvalue weighted by molar-refractivity contribution is 0.378. The quantitative estimate of drug-likeness (QED) is 0.853. The second kappa shape index (κ2) is 5.58. The van der Waals surface area contributed by atoms with E-state index in [4.69, 9.17) is 4.74 Å². The van der Waals surface area contributed by atoms with Crippen LogP contribution in [0, 0.1) is 0 Å². The lowest BCUT2D eigenvalue weighted by Gasteiger charge is -2.05. The Kier molecular flexibility index (Phi) is 3.88. The second-order valence-electron chi connectivity index (χ2n) is 3.45. The normalized spacial score (nSPS) is 10.3. The van der Waals surface area contributed by atoms with Gasteiger partial charge in [0.25, 0.3) is 5.56 Å². The molecular weight excluding hydrogens is 254 g/mol. The van der Waals surface area contributed by atoms with Crippen molar-refractivity contribution in [2.24, 2.45) is 0 Å². The van der Waals surface area contributed by atoms with E-state index in [1.165, 1.54) is 35.5 Å². The van der Waals surface area contributed by atoms with Gasteiger partial charge < -0.3 is 10.1 Å². The van der Waals surface area contributed by atoms with Gasteiger partial charge >= 0.3 is 0 Å². The smallest absolute Gasteiger partial charge is 0.267 e. The summed E-state index contributed by atoms with van der Waals surface area (Å²) in [5.41, 5.74) is 0.496. The monoisotopic (exact) mass is 267 g/mol. The van der Waals surface area contributed by atoms with Crippen LogP contribution in [-0.4, -0.2) is 33.0 Å². The van der Waals surface area contributed by atoms with Gasteiger partial charge in [-0.15, -0.1) is 10.2 Å². The molecular formula is C10H13N5O2S. The average Bonchev–Trinajstić information content (AvgIpc) is 2.80. The van der Waals surface area contributed by atoms with Crippen molar-refractivity contribution in [2.45, 2.75) is 13.5 Å². The molecule has 0 radical (unpaired) electrons. The van der Waals surface area contributed by atoms with Crippen LogP contribution in [0.5, 0.6) is 5.88 Å². The first-order chi connectivity index (χ1) is 8.74. The first-order valence-electron chi connectivity index (χ1n) is 5.42. The molecule has 2 aromatic heterocycles. The highest BCUT2D eigenvalue weighted by molar-refractivity contribution is 7.10. The van der Waals surface area contributed by atoms with Crippen LogP contribution < -0.4 is 15.6 Å². The van der Waals surface area contributed by atoms with E-state index in [9.17, 15) is 4.79 Å². The van der Waals surface area contributed by atoms with Crippen molar-refractivity contribution in [1.82, 2.24) is 19.4 Å². The lowest BCUT2D eigenvalue weighted by atomic mass is 10.4. The number of rotatable bonds is 5. The molecule has 2 rings (SSSR count). The number of hydrogen-bond acceptors (Lipinski definition) is 7. The molecule has 0 amide bonds. The van der Waals surface area contributed by atoms with Gasteiger partial charge in [-0.3, -0.25) is 4.79 Å². The van der Waals surface area contributed by atoms with Gasteiger partial charge in [-0.1, -0.05) is 4.49 Å². The highest BCUT2D eigenvalue weighted by atomic mass is 32.1. The van der Waals surface area contributed by atoms with Crippen molar-refractivity contribution in [1.29, 1.82) is 0 Å². The van der Waals surface area contributed by atoms with Gasteiger partial charge in [-0.2, -0.15) is 0 Å². The molecule has 2 heterocycles. The molecule has 2 aromatic rings. The average molecular weight is 267 g/mol. The molecule has 0 saturated carbocycles. The summed E-state index contributed by atoms with van der Waals surface area (Å²) < 4.78 is 10.2. The highest BCUT2D eigenvalue weighted by Crippen LogP contribution is 2.17. The minimum atomic E-state index is -0.203. The molecule has 7 nitrogen and oxygen atoms in total. The van der Waals surface area contributed by atoms with E-state index in [1.807, 2.05) is 6.92 Å². The van der Waals surface area contributed by atoms with Gasteiger partial charge in [0.2, 0.25) is 5.88 Å². The molecule has 0 aliphatic heterocycles. The van der Waals surface area contributed by atoms with Crippen LogP contribution in [0.2, 0.25) is 0 Å². The Bertz CT molecular complexity index is 580. The highest BCUT2D eigenvalue weighted by Gasteiger charge is 2.10. The molecule has 1 N–H and O–H groups in total. The number of hydrogen-bond donors (Lipinski definition) is 1. The van der Waals surface area contributed by atoms with Gasteiger partial charge in [0.05, 0.1) is 13.7 Å². The molecule has 8 heteroatoms. The van der Waals surface area contributed by atoms with E-state index in [-0.39, 0.29) is 12.1 Å². The number of anilines is 1. The molecule has 0 aliphatic carbocycles. The van der Waals surface area contributed by atoms with Crippen molar-refractivity contribution >= 4 is 16.5 Å². The van der Waals surface area contributed by atoms with Crippen molar-refractivity contribution in [3.63, 3.8) is 0 Å². The van der Waals surface area contributed by atoms with Crippen molar-refractivity contribution in [2.75, 3.05) is 19.0 Å². The summed E-state index contributed by atoms with van der Waals surface area (Å²) in [7, 11) is 1.51. The van der Waals surface area contributed by atoms with Gasteiger partial charge in [0, 0.05) is 30.2 Å². The zero-order valence-electron chi connectivity index (χ0n) is 10.1. The summed E-state index contributed by atoms with van der Waals surface area (Å²) in [6.07, 6.45) is 0. The maximum atomic E-state index is 11.7. The Labute approximate surface area is 108 Å². The first-order valence-corrected chi connectivity index (χ1v) is 6.19. The van der Waals surface area contributed by atoms with Crippen molar-refractivity contribution in [3.8, 4) is 5.88 Å². The maximum absolute atomic E-state index is 11.7. The van der Waals surface area contributed by atoms with E-state index in [0.717, 1.165) is 11.5 Å². The number of nitrogens with zero attached hydrogens (tertiary/aromatic N) is 4. The van der Waals surface area contributed by atoms with Crippen LogP contribution in [0.4, 0.5) is 5.00 Å². The third kappa shape index (κ3) is 2.65. The van der Waals surface area contributed by atoms with E-state index in [2.05, 4.69) is 20.0 Å². The maximum Gasteiger partial charge on any atom is 0.267 e. The largest absolute Gasteiger partial charge is 0.480 e. The molecule has 0 spiro atoms. The molecule has 0 aliphatic rings. The Balaban J connectivity index is 2.27. The van der Waals surface area contributed by atoms with E-state index in [0.29, 0.717) is 11.6 Å². The van der Waals surface area contributed by atoms with Crippen LogP contribution in [0.3, 0.4) is 0 Å². The number of nitrogens with one attached hydrogen (secondary N) is 1. The Morgan fingerprint density at radius 3 is 3.06 bits per heavy atom. The van der Waals surface area contributed by atoms with Gasteiger partial charge in [-0.05, 0) is 6.92 Å². The minimum absolute atomic E-state index is 0.203. The number of aromatic nitrogens is 4. The van der Waals surface area contributed by atoms with E-state index in [1.54, 1.807) is 0 Å². The van der Waals surface area contributed by atoms with Crippen LogP contribution in [0.15, 0.2) is 16.9 Å². The van der Waals surface area contributed by atoms with Crippen LogP contribution in [-0.2, 0) is 6.54 Å². The SMILES string of the molecule is CCNc1snnc1Cn1nc(OC)ccc1=O. The first kappa shape index (κ1) is 12.5. The van der Waals surface area contributed by atoms with E-state index < -0.39 is 0 Å². The summed E-state index contributed by atoms with van der Waals surface area (Å²) in [6.45, 7) is 3.03. The molecule has 0 saturated heterocycles. The molecule has 0 aromatic carbocycles. The molecule has 0 unspecified atom stereocenters. The van der Waals surface area contributed by atoms with Gasteiger partial charge in [0.1, 0.15) is 10.7 Å². The van der Waals surface area contributed by atoms with Crippen molar-refractivity contribution < 1.29 is 4.74 Å². The fourth-order valence-electron chi connectivity index (χ4n) is 1.40.